The van der Waals surface area contributed by atoms with Crippen LogP contribution in [-0.2, 0) is 11.3 Å². The van der Waals surface area contributed by atoms with Crippen molar-refractivity contribution in [2.75, 3.05) is 0 Å². The van der Waals surface area contributed by atoms with Crippen LogP contribution in [0, 0.1) is 6.92 Å². The van der Waals surface area contributed by atoms with E-state index in [1.807, 2.05) is 61.5 Å². The quantitative estimate of drug-likeness (QED) is 0.846. The van der Waals surface area contributed by atoms with Gasteiger partial charge in [-0.05, 0) is 18.1 Å². The number of rotatable bonds is 6. The number of nitrogens with one attached hydrogen (secondary N) is 1. The molecule has 0 bridgehead atoms. The van der Waals surface area contributed by atoms with Crippen molar-refractivity contribution in [2.45, 2.75) is 25.9 Å². The number of carboxylic acids is 1. The zero-order valence-corrected chi connectivity index (χ0v) is 11.5. The topological polar surface area (TPSA) is 49.3 Å². The normalized spacial score (nSPS) is 12.1. The van der Waals surface area contributed by atoms with Gasteiger partial charge in [-0.3, -0.25) is 4.79 Å². The Hall–Kier alpha value is -2.13. The van der Waals surface area contributed by atoms with Crippen LogP contribution in [0.15, 0.2) is 54.6 Å². The van der Waals surface area contributed by atoms with E-state index in [2.05, 4.69) is 5.32 Å². The smallest absolute Gasteiger partial charge is 0.305 e. The number of aliphatic carboxylic acids is 1. The van der Waals surface area contributed by atoms with E-state index < -0.39 is 5.97 Å². The van der Waals surface area contributed by atoms with Gasteiger partial charge in [-0.15, -0.1) is 0 Å². The molecule has 0 aliphatic heterocycles. The molecule has 0 spiro atoms. The number of hydrogen-bond donors (Lipinski definition) is 2. The van der Waals surface area contributed by atoms with Gasteiger partial charge in [0, 0.05) is 12.6 Å². The first kappa shape index (κ1) is 14.3. The third-order valence-electron chi connectivity index (χ3n) is 3.25. The summed E-state index contributed by atoms with van der Waals surface area (Å²) in [6.45, 7) is 2.68. The Balaban J connectivity index is 2.07. The molecule has 20 heavy (non-hydrogen) atoms. The Morgan fingerprint density at radius 1 is 1.10 bits per heavy atom. The summed E-state index contributed by atoms with van der Waals surface area (Å²) in [4.78, 5) is 11.0. The van der Waals surface area contributed by atoms with Crippen molar-refractivity contribution >= 4 is 5.97 Å². The number of hydrogen-bond acceptors (Lipinski definition) is 2. The summed E-state index contributed by atoms with van der Waals surface area (Å²) in [7, 11) is 0. The van der Waals surface area contributed by atoms with Crippen molar-refractivity contribution in [1.82, 2.24) is 5.32 Å². The second-order valence-corrected chi connectivity index (χ2v) is 4.93. The maximum Gasteiger partial charge on any atom is 0.305 e. The molecule has 3 heteroatoms. The number of carboxylic acid groups (broad SMARTS) is 1. The number of carbonyl (C=O) groups is 1. The van der Waals surface area contributed by atoms with E-state index >= 15 is 0 Å². The maximum absolute atomic E-state index is 11.0. The van der Waals surface area contributed by atoms with E-state index in [1.165, 1.54) is 5.56 Å². The van der Waals surface area contributed by atoms with E-state index in [0.717, 1.165) is 11.1 Å². The van der Waals surface area contributed by atoms with Gasteiger partial charge in [0.05, 0.1) is 6.42 Å². The van der Waals surface area contributed by atoms with Crippen LogP contribution in [0.25, 0.3) is 0 Å². The fraction of sp³-hybridized carbons (Fsp3) is 0.235. The molecule has 0 amide bonds. The highest BCUT2D eigenvalue weighted by atomic mass is 16.4. The van der Waals surface area contributed by atoms with Crippen molar-refractivity contribution in [1.29, 1.82) is 0 Å². The molecule has 0 fully saturated rings. The van der Waals surface area contributed by atoms with Crippen molar-refractivity contribution in [3.63, 3.8) is 0 Å². The maximum atomic E-state index is 11.0. The second-order valence-electron chi connectivity index (χ2n) is 4.93. The van der Waals surface area contributed by atoms with Crippen LogP contribution < -0.4 is 5.32 Å². The molecule has 0 aromatic heterocycles. The molecular weight excluding hydrogens is 250 g/mol. The summed E-state index contributed by atoms with van der Waals surface area (Å²) in [5.74, 6) is -0.795. The zero-order valence-electron chi connectivity index (χ0n) is 11.5. The third-order valence-corrected chi connectivity index (χ3v) is 3.25. The Bertz CT molecular complexity index is 549. The monoisotopic (exact) mass is 269 g/mol. The lowest BCUT2D eigenvalue weighted by Gasteiger charge is -2.17. The average molecular weight is 269 g/mol. The first-order valence-electron chi connectivity index (χ1n) is 6.71. The SMILES string of the molecule is Cc1ccc([C@H](CC(=O)O)NCc2ccccc2)cc1. The van der Waals surface area contributed by atoms with Gasteiger partial charge in [0.1, 0.15) is 0 Å². The Morgan fingerprint density at radius 3 is 2.35 bits per heavy atom. The van der Waals surface area contributed by atoms with E-state index in [-0.39, 0.29) is 12.5 Å². The second kappa shape index (κ2) is 6.87. The van der Waals surface area contributed by atoms with Crippen molar-refractivity contribution in [3.8, 4) is 0 Å². The molecule has 0 aliphatic rings. The van der Waals surface area contributed by atoms with Crippen molar-refractivity contribution in [2.24, 2.45) is 0 Å². The minimum atomic E-state index is -0.795. The van der Waals surface area contributed by atoms with E-state index in [0.29, 0.717) is 6.54 Å². The summed E-state index contributed by atoms with van der Waals surface area (Å²) in [5.41, 5.74) is 3.33. The van der Waals surface area contributed by atoms with Crippen LogP contribution in [0.5, 0.6) is 0 Å². The fourth-order valence-electron chi connectivity index (χ4n) is 2.12. The predicted octanol–water partition coefficient (Wildman–Crippen LogP) is 3.30. The average Bonchev–Trinajstić information content (AvgIpc) is 2.45. The Kier molecular flexibility index (Phi) is 4.91. The molecule has 0 saturated carbocycles. The molecule has 2 aromatic rings. The lowest BCUT2D eigenvalue weighted by atomic mass is 10.0. The first-order chi connectivity index (χ1) is 9.65. The first-order valence-corrected chi connectivity index (χ1v) is 6.71. The van der Waals surface area contributed by atoms with Crippen LogP contribution in [0.2, 0.25) is 0 Å². The minimum Gasteiger partial charge on any atom is -0.481 e. The number of aryl methyl sites for hydroxylation is 1. The van der Waals surface area contributed by atoms with Crippen LogP contribution in [0.3, 0.4) is 0 Å². The van der Waals surface area contributed by atoms with Crippen LogP contribution >= 0.6 is 0 Å². The molecular formula is C17H19NO2. The lowest BCUT2D eigenvalue weighted by Crippen LogP contribution is -2.23. The molecule has 0 unspecified atom stereocenters. The molecule has 0 heterocycles. The van der Waals surface area contributed by atoms with Crippen LogP contribution in [0.4, 0.5) is 0 Å². The van der Waals surface area contributed by atoms with E-state index in [1.54, 1.807) is 0 Å². The van der Waals surface area contributed by atoms with Crippen molar-refractivity contribution < 1.29 is 9.90 Å². The highest BCUT2D eigenvalue weighted by Crippen LogP contribution is 2.18. The summed E-state index contributed by atoms with van der Waals surface area (Å²) < 4.78 is 0. The third kappa shape index (κ3) is 4.21. The highest BCUT2D eigenvalue weighted by Gasteiger charge is 2.14. The van der Waals surface area contributed by atoms with E-state index in [9.17, 15) is 4.79 Å². The summed E-state index contributed by atoms with van der Waals surface area (Å²) >= 11 is 0. The largest absolute Gasteiger partial charge is 0.481 e. The van der Waals surface area contributed by atoms with Crippen LogP contribution in [0.1, 0.15) is 29.2 Å². The van der Waals surface area contributed by atoms with Crippen molar-refractivity contribution in [3.05, 3.63) is 71.3 Å². The fourth-order valence-corrected chi connectivity index (χ4v) is 2.12. The van der Waals surface area contributed by atoms with Gasteiger partial charge in [0.15, 0.2) is 0 Å². The molecule has 1 atom stereocenters. The van der Waals surface area contributed by atoms with Gasteiger partial charge in [-0.1, -0.05) is 60.2 Å². The molecule has 2 N–H and O–H groups in total. The van der Waals surface area contributed by atoms with Gasteiger partial charge in [0.2, 0.25) is 0 Å². The summed E-state index contributed by atoms with van der Waals surface area (Å²) in [5, 5.41) is 12.4. The number of benzene rings is 2. The lowest BCUT2D eigenvalue weighted by molar-refractivity contribution is -0.137. The Morgan fingerprint density at radius 2 is 1.75 bits per heavy atom. The molecule has 2 rings (SSSR count). The predicted molar refractivity (Wildman–Crippen MR) is 79.5 cm³/mol. The molecule has 0 aliphatic carbocycles. The van der Waals surface area contributed by atoms with Gasteiger partial charge in [-0.2, -0.15) is 0 Å². The summed E-state index contributed by atoms with van der Waals surface area (Å²) in [6, 6.07) is 17.8. The molecule has 104 valence electrons. The van der Waals surface area contributed by atoms with Gasteiger partial charge in [0.25, 0.3) is 0 Å². The van der Waals surface area contributed by atoms with Crippen LogP contribution in [-0.4, -0.2) is 11.1 Å². The molecule has 3 nitrogen and oxygen atoms in total. The van der Waals surface area contributed by atoms with Gasteiger partial charge >= 0.3 is 5.97 Å². The van der Waals surface area contributed by atoms with Gasteiger partial charge < -0.3 is 10.4 Å². The zero-order chi connectivity index (χ0) is 14.4. The standard InChI is InChI=1S/C17H19NO2/c1-13-7-9-15(10-8-13)16(11-17(19)20)18-12-14-5-3-2-4-6-14/h2-10,16,18H,11-12H2,1H3,(H,19,20)/t16-/m0/s1. The highest BCUT2D eigenvalue weighted by molar-refractivity contribution is 5.68. The molecule has 0 saturated heterocycles. The molecule has 0 radical (unpaired) electrons. The molecule has 2 aromatic carbocycles. The van der Waals surface area contributed by atoms with Gasteiger partial charge in [-0.25, -0.2) is 0 Å². The van der Waals surface area contributed by atoms with E-state index in [4.69, 9.17) is 5.11 Å². The Labute approximate surface area is 119 Å². The minimum absolute atomic E-state index is 0.0793. The summed E-state index contributed by atoms with van der Waals surface area (Å²) in [6.07, 6.45) is 0.0793.